The van der Waals surface area contributed by atoms with E-state index in [1.165, 1.54) is 0 Å². The van der Waals surface area contributed by atoms with Crippen LogP contribution in [0.1, 0.15) is 19.8 Å². The quantitative estimate of drug-likeness (QED) is 0.715. The fraction of sp³-hybridized carbons (Fsp3) is 0.909. The van der Waals surface area contributed by atoms with Crippen molar-refractivity contribution in [3.05, 3.63) is 0 Å². The number of amides is 1. The molecule has 0 aromatic heterocycles. The molecule has 2 aliphatic heterocycles. The third kappa shape index (κ3) is 2.16. The summed E-state index contributed by atoms with van der Waals surface area (Å²) in [5, 5.41) is 8.89. The fourth-order valence-corrected chi connectivity index (χ4v) is 2.35. The van der Waals surface area contributed by atoms with Gasteiger partial charge in [-0.05, 0) is 19.8 Å². The van der Waals surface area contributed by atoms with Crippen molar-refractivity contribution in [3.63, 3.8) is 0 Å². The van der Waals surface area contributed by atoms with Crippen LogP contribution in [0.15, 0.2) is 0 Å². The molecular formula is C11H19NO3. The van der Waals surface area contributed by atoms with Crippen molar-refractivity contribution in [2.45, 2.75) is 25.9 Å². The summed E-state index contributed by atoms with van der Waals surface area (Å²) in [7, 11) is 0. The molecule has 0 spiro atoms. The Hall–Kier alpha value is -0.610. The molecule has 86 valence electrons. The first-order valence-corrected chi connectivity index (χ1v) is 5.73. The highest BCUT2D eigenvalue weighted by Crippen LogP contribution is 2.26. The molecule has 0 unspecified atom stereocenters. The second-order valence-corrected chi connectivity index (χ2v) is 4.62. The lowest BCUT2D eigenvalue weighted by Crippen LogP contribution is -2.55. The summed E-state index contributed by atoms with van der Waals surface area (Å²) >= 11 is 0. The van der Waals surface area contributed by atoms with E-state index in [0.29, 0.717) is 5.92 Å². The average molecular weight is 213 g/mol. The van der Waals surface area contributed by atoms with Crippen LogP contribution in [-0.4, -0.2) is 48.3 Å². The molecule has 0 bridgehead atoms. The van der Waals surface area contributed by atoms with Gasteiger partial charge in [0.05, 0.1) is 12.0 Å². The zero-order valence-corrected chi connectivity index (χ0v) is 9.19. The molecule has 2 aliphatic rings. The van der Waals surface area contributed by atoms with Gasteiger partial charge in [-0.25, -0.2) is 0 Å². The lowest BCUT2D eigenvalue weighted by atomic mass is 9.91. The molecule has 0 aliphatic carbocycles. The molecule has 2 rings (SSSR count). The maximum Gasteiger partial charge on any atom is 0.228 e. The van der Waals surface area contributed by atoms with E-state index in [2.05, 4.69) is 0 Å². The van der Waals surface area contributed by atoms with Gasteiger partial charge in [0, 0.05) is 32.2 Å². The van der Waals surface area contributed by atoms with E-state index in [1.54, 1.807) is 0 Å². The predicted octanol–water partition coefficient (Wildman–Crippen LogP) is 0.252. The van der Waals surface area contributed by atoms with Crippen LogP contribution in [0, 0.1) is 11.8 Å². The zero-order chi connectivity index (χ0) is 10.8. The summed E-state index contributed by atoms with van der Waals surface area (Å²) in [6, 6.07) is 0. The minimum Gasteiger partial charge on any atom is -0.396 e. The molecule has 2 atom stereocenters. The first-order valence-electron chi connectivity index (χ1n) is 5.73. The Balaban J connectivity index is 1.85. The van der Waals surface area contributed by atoms with Gasteiger partial charge >= 0.3 is 0 Å². The van der Waals surface area contributed by atoms with Gasteiger partial charge < -0.3 is 14.7 Å². The van der Waals surface area contributed by atoms with Gasteiger partial charge in [0.2, 0.25) is 5.91 Å². The first-order chi connectivity index (χ1) is 7.22. The maximum atomic E-state index is 12.0. The van der Waals surface area contributed by atoms with Gasteiger partial charge in [0.1, 0.15) is 0 Å². The van der Waals surface area contributed by atoms with Crippen molar-refractivity contribution in [3.8, 4) is 0 Å². The second kappa shape index (κ2) is 4.49. The molecule has 4 nitrogen and oxygen atoms in total. The highest BCUT2D eigenvalue weighted by atomic mass is 16.5. The molecular weight excluding hydrogens is 194 g/mol. The smallest absolute Gasteiger partial charge is 0.228 e. The third-order valence-corrected chi connectivity index (χ3v) is 3.45. The average Bonchev–Trinajstić information content (AvgIpc) is 2.16. The van der Waals surface area contributed by atoms with Crippen LogP contribution in [0.4, 0.5) is 0 Å². The summed E-state index contributed by atoms with van der Waals surface area (Å²) in [6.07, 6.45) is 1.98. The summed E-state index contributed by atoms with van der Waals surface area (Å²) in [5.41, 5.74) is 0. The normalized spacial score (nSPS) is 32.5. The lowest BCUT2D eigenvalue weighted by Gasteiger charge is -2.42. The number of carbonyl (C=O) groups is 1. The SMILES string of the molecule is C[C@@H]1OCCC[C@H]1C(=O)N1CC(CO)C1. The van der Waals surface area contributed by atoms with Gasteiger partial charge in [-0.2, -0.15) is 0 Å². The van der Waals surface area contributed by atoms with Gasteiger partial charge in [-0.15, -0.1) is 0 Å². The summed E-state index contributed by atoms with van der Waals surface area (Å²) in [4.78, 5) is 13.9. The molecule has 4 heteroatoms. The van der Waals surface area contributed by atoms with E-state index < -0.39 is 0 Å². The van der Waals surface area contributed by atoms with Gasteiger partial charge in [0.15, 0.2) is 0 Å². The number of rotatable bonds is 2. The monoisotopic (exact) mass is 213 g/mol. The molecule has 0 saturated carbocycles. The summed E-state index contributed by atoms with van der Waals surface area (Å²) in [6.45, 7) is 4.40. The highest BCUT2D eigenvalue weighted by molar-refractivity contribution is 5.80. The van der Waals surface area contributed by atoms with E-state index in [-0.39, 0.29) is 24.5 Å². The van der Waals surface area contributed by atoms with E-state index in [1.807, 2.05) is 11.8 Å². The standard InChI is InChI=1S/C11H19NO3/c1-8-10(3-2-4-15-8)11(14)12-5-9(6-12)7-13/h8-10,13H,2-7H2,1H3/t8-,10+/m0/s1. The lowest BCUT2D eigenvalue weighted by molar-refractivity contribution is -0.151. The minimum absolute atomic E-state index is 0.0402. The number of hydrogen-bond acceptors (Lipinski definition) is 3. The molecule has 0 radical (unpaired) electrons. The molecule has 15 heavy (non-hydrogen) atoms. The van der Waals surface area contributed by atoms with Crippen molar-refractivity contribution in [1.29, 1.82) is 0 Å². The molecule has 2 fully saturated rings. The summed E-state index contributed by atoms with van der Waals surface area (Å²) in [5.74, 6) is 0.555. The predicted molar refractivity (Wildman–Crippen MR) is 55.3 cm³/mol. The molecule has 1 N–H and O–H groups in total. The van der Waals surface area contributed by atoms with Crippen LogP contribution < -0.4 is 0 Å². The van der Waals surface area contributed by atoms with Crippen molar-refractivity contribution in [1.82, 2.24) is 4.90 Å². The number of ether oxygens (including phenoxy) is 1. The Morgan fingerprint density at radius 1 is 1.53 bits per heavy atom. The van der Waals surface area contributed by atoms with Crippen LogP contribution in [0.2, 0.25) is 0 Å². The van der Waals surface area contributed by atoms with Crippen molar-refractivity contribution < 1.29 is 14.6 Å². The number of nitrogens with zero attached hydrogens (tertiary/aromatic N) is 1. The third-order valence-electron chi connectivity index (χ3n) is 3.45. The molecule has 0 aromatic carbocycles. The van der Waals surface area contributed by atoms with Crippen molar-refractivity contribution in [2.24, 2.45) is 11.8 Å². The van der Waals surface area contributed by atoms with Crippen LogP contribution in [0.25, 0.3) is 0 Å². The van der Waals surface area contributed by atoms with Gasteiger partial charge in [-0.1, -0.05) is 0 Å². The van der Waals surface area contributed by atoms with E-state index in [4.69, 9.17) is 9.84 Å². The molecule has 2 heterocycles. The van der Waals surface area contributed by atoms with Crippen molar-refractivity contribution >= 4 is 5.91 Å². The van der Waals surface area contributed by atoms with Gasteiger partial charge in [-0.3, -0.25) is 4.79 Å². The van der Waals surface area contributed by atoms with Gasteiger partial charge in [0.25, 0.3) is 0 Å². The van der Waals surface area contributed by atoms with E-state index in [0.717, 1.165) is 32.5 Å². The van der Waals surface area contributed by atoms with Crippen LogP contribution in [-0.2, 0) is 9.53 Å². The number of carbonyl (C=O) groups excluding carboxylic acids is 1. The van der Waals surface area contributed by atoms with Crippen LogP contribution in [0.5, 0.6) is 0 Å². The highest BCUT2D eigenvalue weighted by Gasteiger charge is 2.37. The Kier molecular flexibility index (Phi) is 3.26. The molecule has 0 aromatic rings. The van der Waals surface area contributed by atoms with Crippen molar-refractivity contribution in [2.75, 3.05) is 26.3 Å². The largest absolute Gasteiger partial charge is 0.396 e. The number of aliphatic hydroxyl groups excluding tert-OH is 1. The topological polar surface area (TPSA) is 49.8 Å². The first kappa shape index (κ1) is 10.9. The number of likely N-dealkylation sites (tertiary alicyclic amines) is 1. The summed E-state index contributed by atoms with van der Waals surface area (Å²) < 4.78 is 5.49. The fourth-order valence-electron chi connectivity index (χ4n) is 2.35. The Morgan fingerprint density at radius 3 is 2.87 bits per heavy atom. The Labute approximate surface area is 90.2 Å². The Bertz CT molecular complexity index is 238. The minimum atomic E-state index is 0.0402. The molecule has 2 saturated heterocycles. The maximum absolute atomic E-state index is 12.0. The van der Waals surface area contributed by atoms with Crippen LogP contribution >= 0.6 is 0 Å². The number of aliphatic hydroxyl groups is 1. The second-order valence-electron chi connectivity index (χ2n) is 4.62. The van der Waals surface area contributed by atoms with E-state index in [9.17, 15) is 4.79 Å². The zero-order valence-electron chi connectivity index (χ0n) is 9.19. The van der Waals surface area contributed by atoms with E-state index >= 15 is 0 Å². The van der Waals surface area contributed by atoms with Crippen LogP contribution in [0.3, 0.4) is 0 Å². The molecule has 1 amide bonds. The Morgan fingerprint density at radius 2 is 2.27 bits per heavy atom. The number of hydrogen-bond donors (Lipinski definition) is 1.